The van der Waals surface area contributed by atoms with Crippen LogP contribution in [-0.2, 0) is 9.84 Å². The van der Waals surface area contributed by atoms with E-state index in [1.807, 2.05) is 0 Å². The summed E-state index contributed by atoms with van der Waals surface area (Å²) in [6, 6.07) is 0. The number of halogens is 1. The zero-order valence-corrected chi connectivity index (χ0v) is 12.5. The average molecular weight is 311 g/mol. The standard InChI is InChI=1S/C12H23BrO2S/c1-11(7-9-13)8-10-16(14,15)12-5-3-2-4-6-12/h11-12H,2-10H2,1H3. The molecule has 2 nitrogen and oxygen atoms in total. The molecule has 0 aromatic heterocycles. The largest absolute Gasteiger partial charge is 0.229 e. The van der Waals surface area contributed by atoms with Crippen LogP contribution in [0.2, 0.25) is 0 Å². The molecule has 0 aromatic carbocycles. The lowest BCUT2D eigenvalue weighted by atomic mass is 10.0. The fraction of sp³-hybridized carbons (Fsp3) is 1.00. The predicted octanol–water partition coefficient (Wildman–Crippen LogP) is 3.55. The summed E-state index contributed by atoms with van der Waals surface area (Å²) in [4.78, 5) is 0. The summed E-state index contributed by atoms with van der Waals surface area (Å²) in [7, 11) is -2.81. The van der Waals surface area contributed by atoms with Crippen LogP contribution < -0.4 is 0 Å². The number of alkyl halides is 1. The quantitative estimate of drug-likeness (QED) is 0.703. The van der Waals surface area contributed by atoms with Gasteiger partial charge in [-0.2, -0.15) is 0 Å². The molecule has 1 unspecified atom stereocenters. The van der Waals surface area contributed by atoms with Gasteiger partial charge in [0.15, 0.2) is 9.84 Å². The van der Waals surface area contributed by atoms with Crippen molar-refractivity contribution in [3.63, 3.8) is 0 Å². The molecule has 16 heavy (non-hydrogen) atoms. The Morgan fingerprint density at radius 2 is 1.81 bits per heavy atom. The van der Waals surface area contributed by atoms with Crippen molar-refractivity contribution < 1.29 is 8.42 Å². The van der Waals surface area contributed by atoms with Gasteiger partial charge in [-0.3, -0.25) is 0 Å². The van der Waals surface area contributed by atoms with E-state index in [9.17, 15) is 8.42 Å². The van der Waals surface area contributed by atoms with Gasteiger partial charge in [-0.1, -0.05) is 42.1 Å². The Hall–Kier alpha value is 0.430. The van der Waals surface area contributed by atoms with E-state index in [1.165, 1.54) is 6.42 Å². The maximum Gasteiger partial charge on any atom is 0.153 e. The van der Waals surface area contributed by atoms with E-state index in [-0.39, 0.29) is 5.25 Å². The summed E-state index contributed by atoms with van der Waals surface area (Å²) >= 11 is 3.40. The second-order valence-electron chi connectivity index (χ2n) is 5.00. The van der Waals surface area contributed by atoms with Crippen molar-refractivity contribution in [2.45, 2.75) is 57.1 Å². The van der Waals surface area contributed by atoms with Crippen molar-refractivity contribution in [3.8, 4) is 0 Å². The molecule has 0 bridgehead atoms. The smallest absolute Gasteiger partial charge is 0.153 e. The summed E-state index contributed by atoms with van der Waals surface area (Å²) in [5, 5.41) is 0.940. The Kier molecular flexibility index (Phi) is 6.34. The highest BCUT2D eigenvalue weighted by molar-refractivity contribution is 9.09. The molecular weight excluding hydrogens is 288 g/mol. The molecule has 0 heterocycles. The first-order valence-corrected chi connectivity index (χ1v) is 9.17. The molecule has 0 aliphatic heterocycles. The summed E-state index contributed by atoms with van der Waals surface area (Å²) in [6.07, 6.45) is 7.10. The molecule has 0 radical (unpaired) electrons. The summed E-state index contributed by atoms with van der Waals surface area (Å²) in [5.41, 5.74) is 0. The highest BCUT2D eigenvalue weighted by atomic mass is 79.9. The minimum atomic E-state index is -2.81. The van der Waals surface area contributed by atoms with Gasteiger partial charge in [0.2, 0.25) is 0 Å². The first kappa shape index (κ1) is 14.5. The monoisotopic (exact) mass is 310 g/mol. The number of rotatable bonds is 6. The summed E-state index contributed by atoms with van der Waals surface area (Å²) in [6.45, 7) is 2.14. The van der Waals surface area contributed by atoms with Crippen LogP contribution in [0.4, 0.5) is 0 Å². The Morgan fingerprint density at radius 3 is 2.38 bits per heavy atom. The van der Waals surface area contributed by atoms with Gasteiger partial charge in [0.1, 0.15) is 0 Å². The third kappa shape index (κ3) is 4.74. The number of sulfone groups is 1. The molecule has 1 aliphatic rings. The van der Waals surface area contributed by atoms with Crippen molar-refractivity contribution >= 4 is 25.8 Å². The van der Waals surface area contributed by atoms with Crippen molar-refractivity contribution in [1.29, 1.82) is 0 Å². The van der Waals surface area contributed by atoms with E-state index in [4.69, 9.17) is 0 Å². The van der Waals surface area contributed by atoms with Gasteiger partial charge in [0.05, 0.1) is 11.0 Å². The van der Waals surface area contributed by atoms with Crippen LogP contribution in [0.15, 0.2) is 0 Å². The van der Waals surface area contributed by atoms with Crippen LogP contribution in [0.3, 0.4) is 0 Å². The van der Waals surface area contributed by atoms with Crippen LogP contribution >= 0.6 is 15.9 Å². The molecule has 1 atom stereocenters. The minimum absolute atomic E-state index is 0.0302. The van der Waals surface area contributed by atoms with Gasteiger partial charge in [-0.15, -0.1) is 0 Å². The molecule has 4 heteroatoms. The van der Waals surface area contributed by atoms with Crippen LogP contribution in [0.5, 0.6) is 0 Å². The Morgan fingerprint density at radius 1 is 1.19 bits per heavy atom. The molecule has 0 N–H and O–H groups in total. The highest BCUT2D eigenvalue weighted by Gasteiger charge is 2.27. The molecular formula is C12H23BrO2S. The summed E-state index contributed by atoms with van der Waals surface area (Å²) in [5.74, 6) is 0.906. The third-order valence-corrected chi connectivity index (χ3v) is 6.31. The van der Waals surface area contributed by atoms with Crippen molar-refractivity contribution in [3.05, 3.63) is 0 Å². The average Bonchev–Trinajstić information content (AvgIpc) is 2.28. The minimum Gasteiger partial charge on any atom is -0.229 e. The van der Waals surface area contributed by atoms with Crippen LogP contribution in [0, 0.1) is 5.92 Å². The zero-order chi connectivity index (χ0) is 12.0. The van der Waals surface area contributed by atoms with Gasteiger partial charge in [0.25, 0.3) is 0 Å². The maximum absolute atomic E-state index is 12.1. The second-order valence-corrected chi connectivity index (χ2v) is 8.19. The SMILES string of the molecule is CC(CCBr)CCS(=O)(=O)C1CCCCC1. The molecule has 96 valence electrons. The van der Waals surface area contributed by atoms with Gasteiger partial charge in [0, 0.05) is 5.33 Å². The van der Waals surface area contributed by atoms with Gasteiger partial charge in [-0.25, -0.2) is 8.42 Å². The molecule has 1 saturated carbocycles. The predicted molar refractivity (Wildman–Crippen MR) is 72.9 cm³/mol. The van der Waals surface area contributed by atoms with Gasteiger partial charge >= 0.3 is 0 Å². The number of hydrogen-bond acceptors (Lipinski definition) is 2. The molecule has 0 spiro atoms. The van der Waals surface area contributed by atoms with E-state index in [0.29, 0.717) is 11.7 Å². The topological polar surface area (TPSA) is 34.1 Å². The molecule has 1 aliphatic carbocycles. The van der Waals surface area contributed by atoms with Crippen molar-refractivity contribution in [2.24, 2.45) is 5.92 Å². The van der Waals surface area contributed by atoms with Gasteiger partial charge in [-0.05, 0) is 31.6 Å². The van der Waals surface area contributed by atoms with E-state index in [1.54, 1.807) is 0 Å². The molecule has 0 aromatic rings. The van der Waals surface area contributed by atoms with Crippen molar-refractivity contribution in [1.82, 2.24) is 0 Å². The maximum atomic E-state index is 12.1. The summed E-state index contributed by atoms with van der Waals surface area (Å²) < 4.78 is 24.2. The lowest BCUT2D eigenvalue weighted by Crippen LogP contribution is -2.27. The molecule has 0 saturated heterocycles. The highest BCUT2D eigenvalue weighted by Crippen LogP contribution is 2.25. The first-order valence-electron chi connectivity index (χ1n) is 6.34. The van der Waals surface area contributed by atoms with Gasteiger partial charge < -0.3 is 0 Å². The third-order valence-electron chi connectivity index (χ3n) is 3.56. The fourth-order valence-corrected chi connectivity index (χ4v) is 5.18. The lowest BCUT2D eigenvalue weighted by Gasteiger charge is -2.22. The molecule has 0 amide bonds. The Labute approximate surface area is 108 Å². The Bertz CT molecular complexity index is 281. The van der Waals surface area contributed by atoms with E-state index in [2.05, 4.69) is 22.9 Å². The fourth-order valence-electron chi connectivity index (χ4n) is 2.29. The van der Waals surface area contributed by atoms with E-state index < -0.39 is 9.84 Å². The van der Waals surface area contributed by atoms with Crippen LogP contribution in [0.1, 0.15) is 51.9 Å². The zero-order valence-electron chi connectivity index (χ0n) is 10.1. The van der Waals surface area contributed by atoms with E-state index >= 15 is 0 Å². The normalized spacial score (nSPS) is 20.9. The Balaban J connectivity index is 2.38. The molecule has 1 rings (SSSR count). The first-order chi connectivity index (χ1) is 7.56. The van der Waals surface area contributed by atoms with E-state index in [0.717, 1.165) is 43.9 Å². The molecule has 1 fully saturated rings. The second kappa shape index (κ2) is 7.00. The van der Waals surface area contributed by atoms with Crippen LogP contribution in [0.25, 0.3) is 0 Å². The van der Waals surface area contributed by atoms with Crippen molar-refractivity contribution in [2.75, 3.05) is 11.1 Å². The lowest BCUT2D eigenvalue weighted by molar-refractivity contribution is 0.477. The number of hydrogen-bond donors (Lipinski definition) is 0. The van der Waals surface area contributed by atoms with Crippen LogP contribution in [-0.4, -0.2) is 24.8 Å².